The summed E-state index contributed by atoms with van der Waals surface area (Å²) in [6, 6.07) is 4.43. The number of halogens is 6. The molecule has 7 nitrogen and oxygen atoms in total. The highest BCUT2D eigenvalue weighted by atomic mass is 35.5. The number of rotatable bonds is 3. The first-order chi connectivity index (χ1) is 13.5. The van der Waals surface area contributed by atoms with Crippen LogP contribution in [-0.2, 0) is 6.18 Å². The summed E-state index contributed by atoms with van der Waals surface area (Å²) >= 11 is 11.6. The summed E-state index contributed by atoms with van der Waals surface area (Å²) in [4.78, 5) is 28.2. The Morgan fingerprint density at radius 1 is 1.10 bits per heavy atom. The van der Waals surface area contributed by atoms with Gasteiger partial charge < -0.3 is 10.6 Å². The van der Waals surface area contributed by atoms with Gasteiger partial charge in [-0.3, -0.25) is 4.79 Å². The Balaban J connectivity index is 2.17. The van der Waals surface area contributed by atoms with Gasteiger partial charge >= 0.3 is 11.9 Å². The summed E-state index contributed by atoms with van der Waals surface area (Å²) < 4.78 is 58.2. The SMILES string of the molecule is Nn1c(C(F)(F)F)cc(=O)n(-c2cc(Oc3ccc(Cl)cn3)c(Cl)cc2F)c1=O. The highest BCUT2D eigenvalue weighted by Gasteiger charge is 2.36. The van der Waals surface area contributed by atoms with Crippen molar-refractivity contribution in [2.75, 3.05) is 5.84 Å². The highest BCUT2D eigenvalue weighted by Crippen LogP contribution is 2.32. The number of alkyl halides is 3. The summed E-state index contributed by atoms with van der Waals surface area (Å²) in [5.41, 5.74) is -5.50. The van der Waals surface area contributed by atoms with E-state index < -0.39 is 34.6 Å². The lowest BCUT2D eigenvalue weighted by Gasteiger charge is -2.15. The number of nitrogens with zero attached hydrogens (tertiary/aromatic N) is 3. The third-order valence-electron chi connectivity index (χ3n) is 3.58. The van der Waals surface area contributed by atoms with Crippen LogP contribution in [0.15, 0.2) is 46.1 Å². The second-order valence-electron chi connectivity index (χ2n) is 5.50. The van der Waals surface area contributed by atoms with E-state index in [9.17, 15) is 27.2 Å². The lowest BCUT2D eigenvalue weighted by atomic mass is 10.2. The van der Waals surface area contributed by atoms with Gasteiger partial charge in [0.1, 0.15) is 11.6 Å². The van der Waals surface area contributed by atoms with Crippen LogP contribution >= 0.6 is 23.2 Å². The van der Waals surface area contributed by atoms with Crippen LogP contribution in [0.1, 0.15) is 5.69 Å². The van der Waals surface area contributed by atoms with E-state index in [1.54, 1.807) is 0 Å². The molecule has 0 bridgehead atoms. The van der Waals surface area contributed by atoms with Crippen LogP contribution in [0.4, 0.5) is 17.6 Å². The highest BCUT2D eigenvalue weighted by molar-refractivity contribution is 6.32. The molecule has 0 unspecified atom stereocenters. The van der Waals surface area contributed by atoms with E-state index in [2.05, 4.69) is 4.98 Å². The monoisotopic (exact) mass is 450 g/mol. The molecule has 0 spiro atoms. The van der Waals surface area contributed by atoms with E-state index in [1.165, 1.54) is 18.3 Å². The van der Waals surface area contributed by atoms with E-state index in [0.29, 0.717) is 11.1 Å². The summed E-state index contributed by atoms with van der Waals surface area (Å²) in [5.74, 6) is 3.74. The number of aromatic nitrogens is 3. The van der Waals surface area contributed by atoms with E-state index in [4.69, 9.17) is 33.8 Å². The topological polar surface area (TPSA) is 92.1 Å². The van der Waals surface area contributed by atoms with Crippen LogP contribution in [0.2, 0.25) is 10.0 Å². The number of hydrogen-bond acceptors (Lipinski definition) is 5. The molecule has 0 aliphatic heterocycles. The van der Waals surface area contributed by atoms with Crippen molar-refractivity contribution >= 4 is 23.2 Å². The largest absolute Gasteiger partial charge is 0.437 e. The molecule has 0 fully saturated rings. The quantitative estimate of drug-likeness (QED) is 0.487. The molecule has 0 amide bonds. The Labute approximate surface area is 168 Å². The fourth-order valence-corrected chi connectivity index (χ4v) is 2.60. The Morgan fingerprint density at radius 3 is 2.38 bits per heavy atom. The van der Waals surface area contributed by atoms with Gasteiger partial charge in [-0.2, -0.15) is 13.2 Å². The molecule has 0 aliphatic rings. The molecule has 0 aliphatic carbocycles. The zero-order chi connectivity index (χ0) is 21.5. The van der Waals surface area contributed by atoms with Crippen molar-refractivity contribution in [3.63, 3.8) is 0 Å². The fourth-order valence-electron chi connectivity index (χ4n) is 2.30. The maximum atomic E-state index is 14.4. The second-order valence-corrected chi connectivity index (χ2v) is 6.35. The van der Waals surface area contributed by atoms with Crippen LogP contribution in [-0.4, -0.2) is 14.2 Å². The van der Waals surface area contributed by atoms with Crippen LogP contribution in [0.5, 0.6) is 11.6 Å². The first-order valence-corrected chi connectivity index (χ1v) is 8.25. The molecule has 29 heavy (non-hydrogen) atoms. The van der Waals surface area contributed by atoms with Crippen LogP contribution in [0, 0.1) is 5.82 Å². The average molecular weight is 451 g/mol. The van der Waals surface area contributed by atoms with Crippen molar-refractivity contribution in [2.24, 2.45) is 0 Å². The first kappa shape index (κ1) is 20.7. The van der Waals surface area contributed by atoms with Crippen molar-refractivity contribution in [1.82, 2.24) is 14.2 Å². The van der Waals surface area contributed by atoms with Gasteiger partial charge in [0, 0.05) is 24.4 Å². The number of nitrogens with two attached hydrogens (primary N) is 1. The number of nitrogen functional groups attached to an aromatic ring is 1. The molecular formula is C16H8Cl2F4N4O3. The van der Waals surface area contributed by atoms with Crippen LogP contribution < -0.4 is 21.8 Å². The Hall–Kier alpha value is -3.05. The molecule has 152 valence electrons. The molecular weight excluding hydrogens is 443 g/mol. The van der Waals surface area contributed by atoms with Gasteiger partial charge in [0.2, 0.25) is 5.88 Å². The van der Waals surface area contributed by atoms with E-state index in [-0.39, 0.29) is 32.0 Å². The van der Waals surface area contributed by atoms with Gasteiger partial charge in [0.25, 0.3) is 5.56 Å². The lowest BCUT2D eigenvalue weighted by Crippen LogP contribution is -2.45. The number of hydrogen-bond donors (Lipinski definition) is 1. The minimum Gasteiger partial charge on any atom is -0.437 e. The van der Waals surface area contributed by atoms with Crippen molar-refractivity contribution < 1.29 is 22.3 Å². The number of benzene rings is 1. The van der Waals surface area contributed by atoms with Crippen LogP contribution in [0.3, 0.4) is 0 Å². The van der Waals surface area contributed by atoms with E-state index >= 15 is 0 Å². The maximum Gasteiger partial charge on any atom is 0.433 e. The predicted molar refractivity (Wildman–Crippen MR) is 95.7 cm³/mol. The van der Waals surface area contributed by atoms with Gasteiger partial charge in [-0.15, -0.1) is 0 Å². The number of pyridine rings is 1. The molecule has 2 aromatic heterocycles. The Kier molecular flexibility index (Phi) is 5.28. The van der Waals surface area contributed by atoms with Crippen molar-refractivity contribution in [1.29, 1.82) is 0 Å². The third-order valence-corrected chi connectivity index (χ3v) is 4.10. The first-order valence-electron chi connectivity index (χ1n) is 7.49. The van der Waals surface area contributed by atoms with Crippen molar-refractivity contribution in [3.8, 4) is 17.3 Å². The molecule has 0 atom stereocenters. The van der Waals surface area contributed by atoms with Crippen molar-refractivity contribution in [2.45, 2.75) is 6.18 Å². The zero-order valence-electron chi connectivity index (χ0n) is 13.9. The summed E-state index contributed by atoms with van der Waals surface area (Å²) in [6.45, 7) is 0. The Bertz CT molecular complexity index is 1210. The normalized spacial score (nSPS) is 11.5. The van der Waals surface area contributed by atoms with Crippen LogP contribution in [0.25, 0.3) is 5.69 Å². The zero-order valence-corrected chi connectivity index (χ0v) is 15.4. The molecule has 2 N–H and O–H groups in total. The minimum atomic E-state index is -5.07. The van der Waals surface area contributed by atoms with Crippen molar-refractivity contribution in [3.05, 3.63) is 78.9 Å². The Morgan fingerprint density at radius 2 is 1.79 bits per heavy atom. The van der Waals surface area contributed by atoms with E-state index in [1.807, 2.05) is 0 Å². The summed E-state index contributed by atoms with van der Waals surface area (Å²) in [5, 5.41) is 0.0547. The molecule has 3 rings (SSSR count). The smallest absolute Gasteiger partial charge is 0.433 e. The van der Waals surface area contributed by atoms with Gasteiger partial charge in [-0.1, -0.05) is 23.2 Å². The molecule has 0 saturated carbocycles. The molecule has 3 aromatic rings. The minimum absolute atomic E-state index is 0.00939. The van der Waals surface area contributed by atoms with E-state index in [0.717, 1.165) is 6.07 Å². The van der Waals surface area contributed by atoms with Gasteiger partial charge in [-0.25, -0.2) is 23.4 Å². The maximum absolute atomic E-state index is 14.4. The van der Waals surface area contributed by atoms with Gasteiger partial charge in [0.15, 0.2) is 5.69 Å². The van der Waals surface area contributed by atoms with Gasteiger partial charge in [0.05, 0.1) is 15.7 Å². The molecule has 0 saturated heterocycles. The number of ether oxygens (including phenoxy) is 1. The molecule has 2 heterocycles. The summed E-state index contributed by atoms with van der Waals surface area (Å²) in [6.07, 6.45) is -3.82. The molecule has 1 aromatic carbocycles. The lowest BCUT2D eigenvalue weighted by molar-refractivity contribution is -0.143. The second kappa shape index (κ2) is 7.41. The predicted octanol–water partition coefficient (Wildman–Crippen LogP) is 3.37. The van der Waals surface area contributed by atoms with Gasteiger partial charge in [-0.05, 0) is 12.1 Å². The molecule has 0 radical (unpaired) electrons. The third kappa shape index (κ3) is 4.05. The average Bonchev–Trinajstić information content (AvgIpc) is 2.62. The molecule has 13 heteroatoms. The summed E-state index contributed by atoms with van der Waals surface area (Å²) in [7, 11) is 0. The standard InChI is InChI=1S/C16H8Cl2F4N4O3/c17-7-1-2-13(24-6-7)29-11-4-10(9(19)3-8(11)18)25-14(27)5-12(16(20,21)22)26(23)15(25)28/h1-6H,23H2. The fraction of sp³-hybridized carbons (Fsp3) is 0.0625.